The molecule has 112 heavy (non-hydrogen) atoms. The molecule has 4 heterocycles. The first-order valence-electron chi connectivity index (χ1n) is 35.9. The fourth-order valence-electron chi connectivity index (χ4n) is 14.0. The Morgan fingerprint density at radius 2 is 0.723 bits per heavy atom. The van der Waals surface area contributed by atoms with Crippen LogP contribution < -0.4 is 0 Å². The average Bonchev–Trinajstić information content (AvgIpc) is 0.857. The molecule has 0 unspecified atom stereocenters. The number of benzene rings is 6. The monoisotopic (exact) mass is 2220 g/mol. The van der Waals surface area contributed by atoms with Crippen molar-refractivity contribution in [1.82, 2.24) is 19.9 Å². The predicted molar refractivity (Wildman–Crippen MR) is 428 cm³/mol. The van der Waals surface area contributed by atoms with Gasteiger partial charge in [0.2, 0.25) is 0 Å². The van der Waals surface area contributed by atoms with Gasteiger partial charge in [-0.15, -0.1) is 77.4 Å². The van der Waals surface area contributed by atoms with Crippen LogP contribution in [0.1, 0.15) is 205 Å². The zero-order valence-electron chi connectivity index (χ0n) is 66.5. The fourth-order valence-corrected chi connectivity index (χ4v) is 14.0. The summed E-state index contributed by atoms with van der Waals surface area (Å²) in [6, 6.07) is 38.0. The minimum absolute atomic E-state index is 0. The molecule has 14 rings (SSSR count). The van der Waals surface area contributed by atoms with Crippen LogP contribution in [0, 0.1) is 194 Å². The van der Waals surface area contributed by atoms with Gasteiger partial charge in [-0.3, -0.25) is 36.0 Å². The molecule has 18 heteroatoms. The molecule has 4 aromatic heterocycles. The van der Waals surface area contributed by atoms with Crippen molar-refractivity contribution in [1.29, 1.82) is 10.5 Å². The van der Waals surface area contributed by atoms with Gasteiger partial charge in [-0.25, -0.2) is 0 Å². The molecule has 4 aliphatic carbocycles. The van der Waals surface area contributed by atoms with Crippen LogP contribution in [0.5, 0.6) is 0 Å². The third kappa shape index (κ3) is 26.0. The molecule has 4 aliphatic rings. The van der Waals surface area contributed by atoms with Crippen LogP contribution in [0.25, 0.3) is 77.0 Å². The van der Waals surface area contributed by atoms with Crippen molar-refractivity contribution >= 4 is 11.4 Å². The molecular formula is C94H98F6Ir2N8Os2-4. The number of nitrogens with zero attached hydrogens (tertiary/aromatic N) is 8. The van der Waals surface area contributed by atoms with Crippen LogP contribution in [0.15, 0.2) is 110 Å². The van der Waals surface area contributed by atoms with E-state index in [4.69, 9.17) is 23.7 Å². The summed E-state index contributed by atoms with van der Waals surface area (Å²) < 4.78 is 82.1. The van der Waals surface area contributed by atoms with Crippen LogP contribution in [0.2, 0.25) is 0 Å². The standard InChI is InChI=1S/C26H23F2N2.C26H24FN2.C14H9F2N2.C14H10FN2.2C5H10.4CH3.2Ir.2Os/c1-15-13-23(20-9-10-22(27)26(29-4)25(20)28)30-14-21(15)24-16(2)11-19(12-17(24)3)18-7-5-6-8-18;1-16-13-24(20-9-10-23(27)25(14-20)28-4)29-15-22(16)26-17(2)11-21(12-18(26)3)19-7-5-6-8-19;1-8-5-13(18-7-9(8)2)10-3-4-12(15)11(6-17)14(10)16;1-9-5-14(17-8-10(9)2)11-3-4-13(15)12(6-11)7-16;2*1-2-4-5-3-1;;;;;;;;/h10-14,18H,5-8H2,1-3H3;10-15,19H,5-8H2,1-3H3;4-5,7H,1-2H3;4-6,8H,1-2H3;2*1-5H2;4*1H3;;;;/q4*-1;;;4*-1;;;2*+2. The van der Waals surface area contributed by atoms with E-state index in [1.165, 1.54) is 185 Å². The SMILES string of the molecule is C1CCCC1.C1CCCC1.Cc1cnc(-c2[c-]cc(F)c(C#N)c2)cc1C.Cc1cnc(-c2[c-]cc(F)c(C#N)c2F)cc1C.[C-]#[N+]c1c(F)c[c-]c(-c2cc(C)c(-c3c(C)cc(C4CCCC4)cc3C)cn2)c1F.[C-]#[N+]c1cc(-c2cc(C)c(-c3c(C)cc(C4CCCC4)cc3C)cn2)[c-]cc1F.[CH3-].[CH3-].[CH3-].[CH3-].[Ir].[Ir].[Os+2].[Os+2]. The number of rotatable bonds is 8. The average molecular weight is 2220 g/mol. The smallest absolute Gasteiger partial charge is 0.358 e. The van der Waals surface area contributed by atoms with Crippen molar-refractivity contribution in [2.24, 2.45) is 0 Å². The van der Waals surface area contributed by atoms with E-state index in [0.29, 0.717) is 45.7 Å². The Hall–Kier alpha value is -7.97. The summed E-state index contributed by atoms with van der Waals surface area (Å²) in [5.41, 5.74) is 20.7. The second-order valence-corrected chi connectivity index (χ2v) is 27.6. The van der Waals surface area contributed by atoms with Crippen molar-refractivity contribution in [3.8, 4) is 79.4 Å². The van der Waals surface area contributed by atoms with Crippen molar-refractivity contribution in [2.75, 3.05) is 0 Å². The Labute approximate surface area is 717 Å². The van der Waals surface area contributed by atoms with Crippen molar-refractivity contribution in [3.05, 3.63) is 299 Å². The van der Waals surface area contributed by atoms with Crippen molar-refractivity contribution in [2.45, 2.75) is 197 Å². The van der Waals surface area contributed by atoms with Gasteiger partial charge in [-0.2, -0.15) is 10.5 Å². The molecule has 0 spiro atoms. The maximum atomic E-state index is 14.6. The molecule has 0 amide bonds. The van der Waals surface area contributed by atoms with Gasteiger partial charge in [-0.05, 0) is 196 Å². The summed E-state index contributed by atoms with van der Waals surface area (Å²) >= 11 is 0. The first kappa shape index (κ1) is 102. The predicted octanol–water partition coefficient (Wildman–Crippen LogP) is 27.3. The Balaban J connectivity index is 0.000000713. The summed E-state index contributed by atoms with van der Waals surface area (Å²) in [7, 11) is 0. The molecule has 594 valence electrons. The molecule has 0 aliphatic heterocycles. The van der Waals surface area contributed by atoms with Crippen LogP contribution >= 0.6 is 0 Å². The van der Waals surface area contributed by atoms with Gasteiger partial charge in [0.25, 0.3) is 0 Å². The summed E-state index contributed by atoms with van der Waals surface area (Å²) in [5.74, 6) is -3.41. The third-order valence-corrected chi connectivity index (χ3v) is 20.1. The molecular weight excluding hydrogens is 2120 g/mol. The minimum atomic E-state index is -0.923. The van der Waals surface area contributed by atoms with Crippen molar-refractivity contribution < 1.29 is 106 Å². The van der Waals surface area contributed by atoms with E-state index in [9.17, 15) is 26.3 Å². The van der Waals surface area contributed by atoms with E-state index in [2.05, 4.69) is 113 Å². The van der Waals surface area contributed by atoms with Gasteiger partial charge in [0.15, 0.2) is 5.69 Å². The van der Waals surface area contributed by atoms with Gasteiger partial charge in [0.05, 0.1) is 42.7 Å². The van der Waals surface area contributed by atoms with Crippen LogP contribution in [0.3, 0.4) is 0 Å². The molecule has 2 radical (unpaired) electrons. The number of hydrogen-bond donors (Lipinski definition) is 0. The van der Waals surface area contributed by atoms with Crippen LogP contribution in [0.4, 0.5) is 37.7 Å². The topological polar surface area (TPSA) is 108 Å². The quantitative estimate of drug-likeness (QED) is 0.111. The summed E-state index contributed by atoms with van der Waals surface area (Å²) in [6.07, 6.45) is 32.4. The van der Waals surface area contributed by atoms with Gasteiger partial charge in [0.1, 0.15) is 5.69 Å². The zero-order chi connectivity index (χ0) is 74.7. The first-order chi connectivity index (χ1) is 50.0. The van der Waals surface area contributed by atoms with Crippen molar-refractivity contribution in [3.63, 3.8) is 0 Å². The minimum Gasteiger partial charge on any atom is -0.358 e. The van der Waals surface area contributed by atoms with Crippen LogP contribution in [-0.2, 0) is 79.8 Å². The Kier molecular flexibility index (Phi) is 44.6. The molecule has 0 N–H and O–H groups in total. The summed E-state index contributed by atoms with van der Waals surface area (Å²) in [4.78, 5) is 23.6. The maximum absolute atomic E-state index is 14.6. The van der Waals surface area contributed by atoms with E-state index in [0.717, 1.165) is 62.2 Å². The van der Waals surface area contributed by atoms with E-state index in [-0.39, 0.29) is 132 Å². The number of pyridine rings is 4. The second-order valence-electron chi connectivity index (χ2n) is 27.6. The number of halogens is 6. The molecule has 0 atom stereocenters. The Bertz CT molecular complexity index is 4870. The van der Waals surface area contributed by atoms with Crippen LogP contribution in [-0.4, -0.2) is 19.9 Å². The number of nitriles is 2. The van der Waals surface area contributed by atoms with E-state index >= 15 is 0 Å². The fraction of sp³-hybridized carbons (Fsp3) is 0.319. The molecule has 8 nitrogen and oxygen atoms in total. The van der Waals surface area contributed by atoms with Gasteiger partial charge in [-0.1, -0.05) is 155 Å². The first-order valence-corrected chi connectivity index (χ1v) is 35.9. The molecule has 10 aromatic rings. The summed E-state index contributed by atoms with van der Waals surface area (Å²) in [5, 5.41) is 17.5. The number of aryl methyl sites for hydroxylation is 10. The normalized spacial score (nSPS) is 12.8. The van der Waals surface area contributed by atoms with E-state index in [1.807, 2.05) is 59.0 Å². The molecule has 4 fully saturated rings. The summed E-state index contributed by atoms with van der Waals surface area (Å²) in [6.45, 7) is 34.5. The molecule has 0 saturated heterocycles. The largest absolute Gasteiger partial charge is 2.00 e. The number of aromatic nitrogens is 4. The van der Waals surface area contributed by atoms with E-state index in [1.54, 1.807) is 30.7 Å². The number of hydrogen-bond acceptors (Lipinski definition) is 6. The zero-order valence-corrected chi connectivity index (χ0v) is 76.4. The molecule has 0 bridgehead atoms. The third-order valence-electron chi connectivity index (χ3n) is 20.1. The van der Waals surface area contributed by atoms with Gasteiger partial charge < -0.3 is 49.6 Å². The second kappa shape index (κ2) is 48.9. The van der Waals surface area contributed by atoms with Gasteiger partial charge >= 0.3 is 39.6 Å². The van der Waals surface area contributed by atoms with E-state index < -0.39 is 46.2 Å². The molecule has 4 saturated carbocycles. The maximum Gasteiger partial charge on any atom is 2.00 e. The Morgan fingerprint density at radius 1 is 0.375 bits per heavy atom. The molecule has 6 aromatic carbocycles. The van der Waals surface area contributed by atoms with Gasteiger partial charge in [0, 0.05) is 105 Å². The Morgan fingerprint density at radius 3 is 1.12 bits per heavy atom.